The van der Waals surface area contributed by atoms with E-state index in [1.807, 2.05) is 0 Å². The number of hydrogen-bond acceptors (Lipinski definition) is 9. The first-order chi connectivity index (χ1) is 18.0. The Morgan fingerprint density at radius 3 is 2.41 bits per heavy atom. The van der Waals surface area contributed by atoms with Crippen LogP contribution in [0.5, 0.6) is 5.75 Å². The van der Waals surface area contributed by atoms with Crippen molar-refractivity contribution in [1.29, 1.82) is 0 Å². The van der Waals surface area contributed by atoms with Gasteiger partial charge in [0, 0.05) is 49.8 Å². The first kappa shape index (κ1) is 28.4. The van der Waals surface area contributed by atoms with Crippen LogP contribution in [0.15, 0.2) is 28.7 Å². The maximum Gasteiger partial charge on any atom is 0.403 e. The van der Waals surface area contributed by atoms with Gasteiger partial charge in [-0.1, -0.05) is 6.92 Å². The van der Waals surface area contributed by atoms with E-state index >= 15 is 0 Å². The molecule has 13 heteroatoms. The average molecular weight is 554 g/mol. The first-order valence-electron chi connectivity index (χ1n) is 12.4. The number of anilines is 1. The van der Waals surface area contributed by atoms with Crippen LogP contribution >= 0.6 is 0 Å². The summed E-state index contributed by atoms with van der Waals surface area (Å²) in [4.78, 5) is 40.3. The summed E-state index contributed by atoms with van der Waals surface area (Å²) in [5, 5.41) is 46.2. The molecule has 10 nitrogen and oxygen atoms in total. The molecular weight excluding hydrogens is 523 g/mol. The number of phenols is 1. The molecule has 0 heterocycles. The number of carbonyl (C=O) groups excluding carboxylic acids is 3. The Balaban J connectivity index is 1.84. The van der Waals surface area contributed by atoms with Gasteiger partial charge in [0.15, 0.2) is 11.4 Å². The van der Waals surface area contributed by atoms with Gasteiger partial charge in [-0.25, -0.2) is 0 Å². The van der Waals surface area contributed by atoms with Gasteiger partial charge in [-0.2, -0.15) is 13.2 Å². The summed E-state index contributed by atoms with van der Waals surface area (Å²) in [6.45, 7) is 0.935. The number of aliphatic hydroxyl groups excluding tert-OH is 2. The molecule has 4 rings (SSSR count). The number of halogens is 3. The van der Waals surface area contributed by atoms with Crippen molar-refractivity contribution in [3.63, 3.8) is 0 Å². The molecule has 3 aliphatic rings. The van der Waals surface area contributed by atoms with Gasteiger partial charge in [0.2, 0.25) is 5.78 Å². The van der Waals surface area contributed by atoms with Crippen LogP contribution in [0.2, 0.25) is 0 Å². The monoisotopic (exact) mass is 553 g/mol. The number of fused-ring (bicyclic) bond motifs is 3. The smallest absolute Gasteiger partial charge is 0.403 e. The zero-order valence-corrected chi connectivity index (χ0v) is 21.5. The normalized spacial score (nSPS) is 25.7. The molecule has 0 radical (unpaired) electrons. The molecule has 212 valence electrons. The van der Waals surface area contributed by atoms with Gasteiger partial charge < -0.3 is 36.4 Å². The summed E-state index contributed by atoms with van der Waals surface area (Å²) in [6.07, 6.45) is -5.07. The summed E-state index contributed by atoms with van der Waals surface area (Å²) < 4.78 is 39.8. The molecular formula is C26H30F3N3O7. The lowest BCUT2D eigenvalue weighted by Gasteiger charge is -2.46. The number of rotatable bonds is 6. The minimum absolute atomic E-state index is 0.0112. The number of hydrogen-bond donors (Lipinski definition) is 6. The number of allylic oxidation sites excluding steroid dienone is 2. The lowest BCUT2D eigenvalue weighted by atomic mass is 9.60. The Bertz CT molecular complexity index is 1330. The molecule has 1 amide bonds. The molecule has 0 saturated carbocycles. The van der Waals surface area contributed by atoms with E-state index in [2.05, 4.69) is 5.32 Å². The van der Waals surface area contributed by atoms with E-state index in [0.717, 1.165) is 0 Å². The zero-order valence-electron chi connectivity index (χ0n) is 21.5. The van der Waals surface area contributed by atoms with Gasteiger partial charge in [0.1, 0.15) is 28.9 Å². The van der Waals surface area contributed by atoms with E-state index in [0.29, 0.717) is 11.3 Å². The number of carbonyl (C=O) groups is 3. The van der Waals surface area contributed by atoms with Crippen LogP contribution in [-0.4, -0.2) is 69.8 Å². The Hall–Kier alpha value is -3.58. The van der Waals surface area contributed by atoms with Gasteiger partial charge in [0.25, 0.3) is 5.91 Å². The summed E-state index contributed by atoms with van der Waals surface area (Å²) in [5.74, 6) is -7.51. The van der Waals surface area contributed by atoms with Crippen molar-refractivity contribution < 1.29 is 48.0 Å². The number of Topliss-reactive ketones (excluding diaryl/α,β-unsaturated/α-hetero) is 2. The second-order valence-corrected chi connectivity index (χ2v) is 10.4. The molecule has 3 aliphatic carbocycles. The van der Waals surface area contributed by atoms with Gasteiger partial charge >= 0.3 is 6.18 Å². The van der Waals surface area contributed by atoms with Gasteiger partial charge in [0.05, 0.1) is 5.56 Å². The standard InChI is InChI=1S/C26H30F3N3O7/c1-4-16(26(27,28)29)31-9-11-7-14(32(2)3)13-6-10-5-12-8-15(33)19(24(30)38)23(37)25(12,39)22(36)17(10)21(35)18(13)20(11)34/h7,10,12,16,31,33-34,36,39H,4-6,8-9H2,1-3H3,(H2,30,38)/t10-,12+,16?,25+/m1/s1. The highest BCUT2D eigenvalue weighted by molar-refractivity contribution is 6.24. The molecule has 1 unspecified atom stereocenters. The van der Waals surface area contributed by atoms with Crippen molar-refractivity contribution >= 4 is 23.2 Å². The fraction of sp³-hybridized carbons (Fsp3) is 0.500. The number of ketones is 2. The van der Waals surface area contributed by atoms with Crippen LogP contribution in [0.1, 0.15) is 47.7 Å². The molecule has 4 atom stereocenters. The maximum atomic E-state index is 13.8. The van der Waals surface area contributed by atoms with Crippen molar-refractivity contribution in [2.75, 3.05) is 19.0 Å². The average Bonchev–Trinajstić information content (AvgIpc) is 2.81. The van der Waals surface area contributed by atoms with E-state index < -0.39 is 76.5 Å². The number of phenolic OH excluding ortho intramolecular Hbond substituents is 1. The molecule has 0 aromatic heterocycles. The number of nitrogens with two attached hydrogens (primary N) is 1. The minimum Gasteiger partial charge on any atom is -0.511 e. The van der Waals surface area contributed by atoms with Crippen molar-refractivity contribution in [3.05, 3.63) is 45.4 Å². The van der Waals surface area contributed by atoms with Crippen molar-refractivity contribution in [2.24, 2.45) is 17.6 Å². The van der Waals surface area contributed by atoms with Gasteiger partial charge in [-0.15, -0.1) is 0 Å². The molecule has 0 bridgehead atoms. The highest BCUT2D eigenvalue weighted by Crippen LogP contribution is 2.52. The van der Waals surface area contributed by atoms with E-state index in [1.54, 1.807) is 19.0 Å². The summed E-state index contributed by atoms with van der Waals surface area (Å²) >= 11 is 0. The molecule has 1 aromatic rings. The lowest BCUT2D eigenvalue weighted by molar-refractivity contribution is -0.156. The number of aliphatic hydroxyl groups is 3. The zero-order chi connectivity index (χ0) is 29.2. The molecule has 0 aliphatic heterocycles. The van der Waals surface area contributed by atoms with Gasteiger partial charge in [-0.3, -0.25) is 14.4 Å². The topological polar surface area (TPSA) is 173 Å². The summed E-state index contributed by atoms with van der Waals surface area (Å²) in [5.41, 5.74) is 1.90. The second-order valence-electron chi connectivity index (χ2n) is 10.4. The second kappa shape index (κ2) is 9.56. The van der Waals surface area contributed by atoms with E-state index in [1.165, 1.54) is 13.0 Å². The van der Waals surface area contributed by atoms with Crippen LogP contribution in [-0.2, 0) is 22.6 Å². The van der Waals surface area contributed by atoms with E-state index in [-0.39, 0.29) is 42.4 Å². The van der Waals surface area contributed by atoms with Crippen LogP contribution in [0.25, 0.3) is 0 Å². The highest BCUT2D eigenvalue weighted by atomic mass is 19.4. The lowest BCUT2D eigenvalue weighted by Crippen LogP contribution is -2.57. The van der Waals surface area contributed by atoms with Crippen LogP contribution in [0.4, 0.5) is 18.9 Å². The predicted octanol–water partition coefficient (Wildman–Crippen LogP) is 2.08. The Kier molecular flexibility index (Phi) is 6.97. The predicted molar refractivity (Wildman–Crippen MR) is 132 cm³/mol. The number of benzene rings is 1. The molecule has 0 saturated heterocycles. The molecule has 0 fully saturated rings. The number of nitrogens with one attached hydrogen (secondary N) is 1. The van der Waals surface area contributed by atoms with Gasteiger partial charge in [-0.05, 0) is 36.8 Å². The highest BCUT2D eigenvalue weighted by Gasteiger charge is 2.59. The SMILES string of the molecule is CCC(NCc1cc(N(C)C)c2c(c1O)C(=O)C1=C(O)[C@]3(O)C(=O)C(C(N)=O)=C(O)C[C@@H]3C[C@@H]1C2)C(F)(F)F. The van der Waals surface area contributed by atoms with Crippen molar-refractivity contribution in [3.8, 4) is 5.75 Å². The van der Waals surface area contributed by atoms with Crippen LogP contribution < -0.4 is 16.0 Å². The quantitative estimate of drug-likeness (QED) is 0.288. The first-order valence-corrected chi connectivity index (χ1v) is 12.4. The minimum atomic E-state index is -4.53. The summed E-state index contributed by atoms with van der Waals surface area (Å²) in [7, 11) is 3.32. The Morgan fingerprint density at radius 1 is 1.23 bits per heavy atom. The van der Waals surface area contributed by atoms with Crippen molar-refractivity contribution in [1.82, 2.24) is 5.32 Å². The third-order valence-corrected chi connectivity index (χ3v) is 7.94. The van der Waals surface area contributed by atoms with Crippen LogP contribution in [0, 0.1) is 11.8 Å². The van der Waals surface area contributed by atoms with E-state index in [4.69, 9.17) is 5.73 Å². The molecule has 1 aromatic carbocycles. The third kappa shape index (κ3) is 4.33. The number of aromatic hydroxyl groups is 1. The van der Waals surface area contributed by atoms with E-state index in [9.17, 15) is 48.0 Å². The van der Waals surface area contributed by atoms with Crippen molar-refractivity contribution in [2.45, 2.75) is 57.0 Å². The molecule has 0 spiro atoms. The fourth-order valence-corrected chi connectivity index (χ4v) is 5.98. The fourth-order valence-electron chi connectivity index (χ4n) is 5.98. The maximum absolute atomic E-state index is 13.8. The number of amides is 1. The molecule has 7 N–H and O–H groups in total. The Labute approximate surface area is 221 Å². The molecule has 39 heavy (non-hydrogen) atoms. The summed E-state index contributed by atoms with van der Waals surface area (Å²) in [6, 6.07) is -0.364. The Morgan fingerprint density at radius 2 is 1.87 bits per heavy atom. The number of alkyl halides is 3. The third-order valence-electron chi connectivity index (χ3n) is 7.94. The largest absolute Gasteiger partial charge is 0.511 e. The number of nitrogens with zero attached hydrogens (tertiary/aromatic N) is 1. The van der Waals surface area contributed by atoms with Crippen LogP contribution in [0.3, 0.4) is 0 Å². The number of primary amides is 1.